The second-order valence-corrected chi connectivity index (χ2v) is 20.4. The van der Waals surface area contributed by atoms with Gasteiger partial charge in [-0.2, -0.15) is 4.80 Å². The topological polar surface area (TPSA) is 219 Å². The van der Waals surface area contributed by atoms with Crippen LogP contribution in [0.15, 0.2) is 53.9 Å². The molecular weight excluding hydrogens is 887 g/mol. The quantitative estimate of drug-likeness (QED) is 0.235. The number of aromatic nitrogens is 4. The van der Waals surface area contributed by atoms with E-state index in [2.05, 4.69) is 15.4 Å². The van der Waals surface area contributed by atoms with E-state index in [1.807, 2.05) is 58.1 Å². The molecule has 17 nitrogen and oxygen atoms in total. The van der Waals surface area contributed by atoms with Gasteiger partial charge in [0, 0.05) is 58.5 Å². The van der Waals surface area contributed by atoms with Gasteiger partial charge >= 0.3 is 5.97 Å². The van der Waals surface area contributed by atoms with E-state index in [0.717, 1.165) is 18.4 Å². The van der Waals surface area contributed by atoms with Crippen LogP contribution in [-0.4, -0.2) is 141 Å². The number of hydrogen-bond acceptors (Lipinski definition) is 15. The Labute approximate surface area is 408 Å². The summed E-state index contributed by atoms with van der Waals surface area (Å²) in [5, 5.41) is 35.7. The van der Waals surface area contributed by atoms with Gasteiger partial charge in [-0.15, -0.1) is 10.2 Å². The number of rotatable bonds is 7. The van der Waals surface area contributed by atoms with Gasteiger partial charge in [0.2, 0.25) is 5.79 Å². The molecule has 1 amide bonds. The van der Waals surface area contributed by atoms with Gasteiger partial charge in [0.05, 0.1) is 30.5 Å². The third-order valence-electron chi connectivity index (χ3n) is 15.2. The van der Waals surface area contributed by atoms with Gasteiger partial charge in [0.1, 0.15) is 18.2 Å². The van der Waals surface area contributed by atoms with Crippen LogP contribution in [0.5, 0.6) is 0 Å². The lowest BCUT2D eigenvalue weighted by atomic mass is 9.78. The first-order chi connectivity index (χ1) is 32.8. The zero-order valence-corrected chi connectivity index (χ0v) is 42.5. The molecule has 7 unspecified atom stereocenters. The third kappa shape index (κ3) is 14.2. The molecule has 17 heteroatoms. The molecule has 15 atom stereocenters. The van der Waals surface area contributed by atoms with Crippen molar-refractivity contribution >= 4 is 29.2 Å². The second kappa shape index (κ2) is 25.7. The Kier molecular flexibility index (Phi) is 20.8. The van der Waals surface area contributed by atoms with Crippen molar-refractivity contribution in [3.8, 4) is 0 Å². The molecule has 3 aliphatic heterocycles. The summed E-state index contributed by atoms with van der Waals surface area (Å²) in [4.78, 5) is 73.9. The molecule has 1 aromatic heterocycles. The highest BCUT2D eigenvalue weighted by atomic mass is 16.6. The Bertz CT molecular complexity index is 2020. The number of amides is 1. The number of carbonyl (C=O) groups is 5. The van der Waals surface area contributed by atoms with Crippen LogP contribution >= 0.6 is 0 Å². The maximum atomic E-state index is 14.5. The molecule has 0 spiro atoms. The van der Waals surface area contributed by atoms with Crippen LogP contribution in [0.4, 0.5) is 0 Å². The highest BCUT2D eigenvalue weighted by molar-refractivity contribution is 6.39. The van der Waals surface area contributed by atoms with Crippen molar-refractivity contribution in [3.63, 3.8) is 0 Å². The molecule has 3 fully saturated rings. The van der Waals surface area contributed by atoms with E-state index >= 15 is 0 Å². The molecule has 0 radical (unpaired) electrons. The van der Waals surface area contributed by atoms with Crippen molar-refractivity contribution in [2.24, 2.45) is 35.5 Å². The number of ketones is 3. The normalized spacial score (nSPS) is 36.3. The van der Waals surface area contributed by atoms with Crippen LogP contribution in [0.25, 0.3) is 0 Å². The van der Waals surface area contributed by atoms with Gasteiger partial charge in [-0.1, -0.05) is 71.1 Å². The number of aliphatic hydroxyl groups excluding tert-OH is 1. The molecule has 1 saturated carbocycles. The van der Waals surface area contributed by atoms with Gasteiger partial charge in [0.25, 0.3) is 11.7 Å². The summed E-state index contributed by atoms with van der Waals surface area (Å²) in [6.45, 7) is 12.8. The number of piperidine rings is 1. The van der Waals surface area contributed by atoms with Crippen molar-refractivity contribution in [3.05, 3.63) is 53.9 Å². The van der Waals surface area contributed by atoms with Crippen molar-refractivity contribution in [2.75, 3.05) is 27.9 Å². The number of tetrazole rings is 1. The van der Waals surface area contributed by atoms with Crippen molar-refractivity contribution < 1.29 is 57.9 Å². The number of aliphatic hydroxyl groups is 2. The van der Waals surface area contributed by atoms with Crippen LogP contribution in [0.2, 0.25) is 0 Å². The zero-order valence-electron chi connectivity index (χ0n) is 42.5. The minimum atomic E-state index is -2.43. The number of Topliss-reactive ketones (excluding diaryl/α,β-unsaturated/α-hetero) is 3. The lowest BCUT2D eigenvalue weighted by Crippen LogP contribution is -2.61. The summed E-state index contributed by atoms with van der Waals surface area (Å²) in [7, 11) is 4.62. The van der Waals surface area contributed by atoms with Crippen molar-refractivity contribution in [1.82, 2.24) is 25.1 Å². The number of methoxy groups -OCH3 is 3. The Hall–Kier alpha value is -4.26. The van der Waals surface area contributed by atoms with E-state index in [1.165, 1.54) is 18.3 Å². The minimum Gasteiger partial charge on any atom is -0.460 e. The molecule has 4 heterocycles. The first-order valence-corrected chi connectivity index (χ1v) is 25.0. The van der Waals surface area contributed by atoms with Crippen molar-refractivity contribution in [2.45, 2.75) is 180 Å². The van der Waals surface area contributed by atoms with Gasteiger partial charge in [-0.05, 0) is 112 Å². The maximum absolute atomic E-state index is 14.5. The molecule has 1 aliphatic carbocycles. The number of nitrogens with zero attached hydrogens (tertiary/aromatic N) is 5. The second-order valence-electron chi connectivity index (χ2n) is 20.4. The fraction of sp³-hybridized carbons (Fsp3) is 0.731. The van der Waals surface area contributed by atoms with Gasteiger partial charge in [0.15, 0.2) is 17.9 Å². The number of fused-ring (bicyclic) bond motifs is 3. The Balaban J connectivity index is 1.46. The smallest absolute Gasteiger partial charge is 0.329 e. The van der Waals surface area contributed by atoms with Crippen LogP contribution in [0, 0.1) is 35.5 Å². The highest BCUT2D eigenvalue weighted by Gasteiger charge is 2.53. The van der Waals surface area contributed by atoms with E-state index in [4.69, 9.17) is 23.7 Å². The van der Waals surface area contributed by atoms with Crippen LogP contribution in [0.3, 0.4) is 0 Å². The fourth-order valence-electron chi connectivity index (χ4n) is 10.7. The largest absolute Gasteiger partial charge is 0.460 e. The number of carbonyl (C=O) groups excluding carboxylic acids is 5. The minimum absolute atomic E-state index is 0.0195. The van der Waals surface area contributed by atoms with E-state index in [1.54, 1.807) is 45.9 Å². The number of allylic oxidation sites excluding steroid dienone is 6. The summed E-state index contributed by atoms with van der Waals surface area (Å²) in [5.74, 6) is -7.91. The summed E-state index contributed by atoms with van der Waals surface area (Å²) in [6.07, 6.45) is 13.7. The molecule has 2 bridgehead atoms. The molecule has 69 heavy (non-hydrogen) atoms. The molecule has 0 aromatic carbocycles. The van der Waals surface area contributed by atoms with Gasteiger partial charge in [-0.25, -0.2) is 4.79 Å². The predicted octanol–water partition coefficient (Wildman–Crippen LogP) is 6.05. The molecule has 2 saturated heterocycles. The molecule has 2 N–H and O–H groups in total. The Morgan fingerprint density at radius 3 is 2.33 bits per heavy atom. The molecule has 1 aromatic rings. The third-order valence-corrected chi connectivity index (χ3v) is 15.2. The van der Waals surface area contributed by atoms with Gasteiger partial charge in [-0.3, -0.25) is 19.2 Å². The standard InChI is InChI=1S/C52H79N5O12/c1-31-16-12-11-13-17-32(2)43(65-8)28-39-21-19-37(7)52(64,69-39)49(61)50(62)56-23-15-14-18-41(56)51(63)68-44(34(4)26-38-20-22-40(45(27-38)66-9)57-54-30-53-55-57)29-42(58)33(3)25-36(6)47(60)48(67-10)46(59)35(5)24-31/h11-13,16-17,25,30-31,34-41,43-45,47-48,60,64H,14-15,18-24,26-29H2,1-10H3/t31-,34?,35?,36?,37-,38?,39+,40+,41?,43+,44+,45?,47-,48?,52-/m1/s1. The number of cyclic esters (lactones) is 1. The Morgan fingerprint density at radius 1 is 0.899 bits per heavy atom. The summed E-state index contributed by atoms with van der Waals surface area (Å²) in [6, 6.07) is -1.25. The highest BCUT2D eigenvalue weighted by Crippen LogP contribution is 2.39. The van der Waals surface area contributed by atoms with Crippen molar-refractivity contribution in [1.29, 1.82) is 0 Å². The first-order valence-electron chi connectivity index (χ1n) is 25.0. The molecule has 384 valence electrons. The zero-order chi connectivity index (χ0) is 50.6. The predicted molar refractivity (Wildman–Crippen MR) is 256 cm³/mol. The maximum Gasteiger partial charge on any atom is 0.329 e. The van der Waals surface area contributed by atoms with Gasteiger partial charge < -0.3 is 38.8 Å². The van der Waals surface area contributed by atoms with Crippen LogP contribution in [-0.2, 0) is 47.7 Å². The monoisotopic (exact) mass is 966 g/mol. The van der Waals surface area contributed by atoms with E-state index in [9.17, 15) is 34.2 Å². The van der Waals surface area contributed by atoms with E-state index in [-0.39, 0.29) is 60.9 Å². The first kappa shape index (κ1) is 55.7. The molecule has 4 aliphatic rings. The van der Waals surface area contributed by atoms with Crippen LogP contribution in [0.1, 0.15) is 132 Å². The Morgan fingerprint density at radius 2 is 1.65 bits per heavy atom. The molecule has 5 rings (SSSR count). The van der Waals surface area contributed by atoms with E-state index in [0.29, 0.717) is 56.9 Å². The number of ether oxygens (including phenoxy) is 5. The SMILES string of the molecule is COC1C(=O)C(C)C[C@H](C)C=CC=CC=C(C)[C@@H](OC)C[C@@H]2CC[C@@H](C)[C@@](O)(O2)C(=O)C(=O)N2CCCCC2C(=O)O[C@H](C(C)CC2CC[C@H](n3ncnn3)C(OC)C2)CC(=O)C(C)=CC(C)[C@H]1O. The average Bonchev–Trinajstić information content (AvgIpc) is 3.88. The number of hydrogen-bond donors (Lipinski definition) is 2. The lowest BCUT2D eigenvalue weighted by Gasteiger charge is -2.42. The average molecular weight is 966 g/mol. The summed E-state index contributed by atoms with van der Waals surface area (Å²) >= 11 is 0. The fourth-order valence-corrected chi connectivity index (χ4v) is 10.7. The molecular formula is C52H79N5O12. The summed E-state index contributed by atoms with van der Waals surface area (Å²) in [5.41, 5.74) is 1.20. The lowest BCUT2D eigenvalue weighted by molar-refractivity contribution is -0.265. The number of esters is 1. The van der Waals surface area contributed by atoms with E-state index < -0.39 is 77.8 Å². The van der Waals surface area contributed by atoms with Crippen LogP contribution < -0.4 is 0 Å². The summed E-state index contributed by atoms with van der Waals surface area (Å²) < 4.78 is 29.9.